The smallest absolute Gasteiger partial charge is 0.138 e. The molecule has 100 valence electrons. The molecule has 1 aromatic heterocycles. The summed E-state index contributed by atoms with van der Waals surface area (Å²) < 4.78 is 0. The topological polar surface area (TPSA) is 51.8 Å². The van der Waals surface area contributed by atoms with Gasteiger partial charge in [-0.05, 0) is 26.7 Å². The number of hydrogen-bond donors (Lipinski definition) is 1. The number of aromatic nitrogens is 2. The number of hydrogen-bond acceptors (Lipinski definition) is 4. The minimum absolute atomic E-state index is 0.0186. The summed E-state index contributed by atoms with van der Waals surface area (Å²) in [6.07, 6.45) is 8.81. The lowest BCUT2D eigenvalue weighted by Gasteiger charge is -2.20. The summed E-state index contributed by atoms with van der Waals surface area (Å²) in [5, 5.41) is 0.816. The molecule has 1 atom stereocenters. The Kier molecular flexibility index (Phi) is 5.01. The lowest BCUT2D eigenvalue weighted by molar-refractivity contribution is 0.516. The Morgan fingerprint density at radius 2 is 2.11 bits per heavy atom. The van der Waals surface area contributed by atoms with Crippen molar-refractivity contribution in [3.05, 3.63) is 23.3 Å². The van der Waals surface area contributed by atoms with E-state index in [9.17, 15) is 0 Å². The molecule has 2 rings (SSSR count). The molecule has 1 fully saturated rings. The van der Waals surface area contributed by atoms with Crippen LogP contribution in [0.4, 0.5) is 0 Å². The van der Waals surface area contributed by atoms with Crippen molar-refractivity contribution in [2.45, 2.75) is 63.0 Å². The third-order valence-electron chi connectivity index (χ3n) is 3.56. The highest BCUT2D eigenvalue weighted by molar-refractivity contribution is 7.99. The van der Waals surface area contributed by atoms with E-state index in [0.717, 1.165) is 28.1 Å². The first-order chi connectivity index (χ1) is 8.66. The molecule has 0 bridgehead atoms. The second-order valence-corrected chi connectivity index (χ2v) is 6.48. The van der Waals surface area contributed by atoms with E-state index >= 15 is 0 Å². The van der Waals surface area contributed by atoms with Gasteiger partial charge < -0.3 is 5.73 Å². The van der Waals surface area contributed by atoms with Crippen molar-refractivity contribution < 1.29 is 0 Å². The minimum atomic E-state index is 0.0186. The molecule has 0 unspecified atom stereocenters. The molecule has 1 aliphatic rings. The van der Waals surface area contributed by atoms with E-state index in [-0.39, 0.29) is 6.04 Å². The van der Waals surface area contributed by atoms with E-state index in [0.29, 0.717) is 0 Å². The molecule has 0 radical (unpaired) electrons. The number of thioether (sulfide) groups is 1. The van der Waals surface area contributed by atoms with Crippen molar-refractivity contribution in [3.8, 4) is 0 Å². The van der Waals surface area contributed by atoms with Gasteiger partial charge >= 0.3 is 0 Å². The van der Waals surface area contributed by atoms with Crippen LogP contribution in [0.2, 0.25) is 0 Å². The maximum absolute atomic E-state index is 5.87. The summed E-state index contributed by atoms with van der Waals surface area (Å²) in [4.78, 5) is 9.00. The summed E-state index contributed by atoms with van der Waals surface area (Å²) in [5.74, 6) is 1.89. The second-order valence-electron chi connectivity index (χ2n) is 5.19. The molecule has 0 amide bonds. The summed E-state index contributed by atoms with van der Waals surface area (Å²) >= 11 is 2.02. The maximum atomic E-state index is 5.87. The van der Waals surface area contributed by atoms with Gasteiger partial charge in [0.05, 0.1) is 5.75 Å². The normalized spacial score (nSPS) is 18.8. The van der Waals surface area contributed by atoms with Gasteiger partial charge in [0.15, 0.2) is 0 Å². The molecule has 0 aliphatic heterocycles. The largest absolute Gasteiger partial charge is 0.324 e. The minimum Gasteiger partial charge on any atom is -0.324 e. The molecule has 0 saturated heterocycles. The van der Waals surface area contributed by atoms with Crippen LogP contribution >= 0.6 is 11.8 Å². The van der Waals surface area contributed by atoms with E-state index in [1.165, 1.54) is 32.1 Å². The van der Waals surface area contributed by atoms with Gasteiger partial charge in [-0.25, -0.2) is 9.97 Å². The Morgan fingerprint density at radius 1 is 1.39 bits per heavy atom. The zero-order valence-electron chi connectivity index (χ0n) is 11.4. The highest BCUT2D eigenvalue weighted by Gasteiger charge is 2.14. The van der Waals surface area contributed by atoms with E-state index in [1.54, 1.807) is 0 Å². The lowest BCUT2D eigenvalue weighted by Crippen LogP contribution is -2.11. The molecule has 0 spiro atoms. The molecule has 0 aromatic carbocycles. The molecule has 1 saturated carbocycles. The third kappa shape index (κ3) is 3.69. The van der Waals surface area contributed by atoms with Crippen LogP contribution in [0.15, 0.2) is 6.20 Å². The summed E-state index contributed by atoms with van der Waals surface area (Å²) in [6, 6.07) is 0.0186. The molecule has 4 heteroatoms. The average Bonchev–Trinajstić information content (AvgIpc) is 2.37. The Labute approximate surface area is 114 Å². The third-order valence-corrected chi connectivity index (χ3v) is 4.93. The zero-order valence-corrected chi connectivity index (χ0v) is 12.2. The van der Waals surface area contributed by atoms with E-state index in [4.69, 9.17) is 5.73 Å². The molecule has 1 aromatic rings. The quantitative estimate of drug-likeness (QED) is 0.907. The van der Waals surface area contributed by atoms with Gasteiger partial charge in [-0.1, -0.05) is 19.3 Å². The monoisotopic (exact) mass is 265 g/mol. The molecule has 3 nitrogen and oxygen atoms in total. The van der Waals surface area contributed by atoms with Gasteiger partial charge in [0, 0.05) is 28.7 Å². The van der Waals surface area contributed by atoms with Crippen LogP contribution in [0, 0.1) is 6.92 Å². The first-order valence-corrected chi connectivity index (χ1v) is 7.91. The average molecular weight is 265 g/mol. The van der Waals surface area contributed by atoms with Crippen molar-refractivity contribution in [3.63, 3.8) is 0 Å². The Hall–Kier alpha value is -0.610. The first kappa shape index (κ1) is 13.8. The Bertz CT molecular complexity index is 387. The zero-order chi connectivity index (χ0) is 13.0. The van der Waals surface area contributed by atoms with Crippen LogP contribution in [0.3, 0.4) is 0 Å². The fourth-order valence-corrected chi connectivity index (χ4v) is 3.66. The van der Waals surface area contributed by atoms with Gasteiger partial charge in [0.2, 0.25) is 0 Å². The predicted molar refractivity (Wildman–Crippen MR) is 77.5 cm³/mol. The summed E-state index contributed by atoms with van der Waals surface area (Å²) in [6.45, 7) is 4.00. The first-order valence-electron chi connectivity index (χ1n) is 6.86. The standard InChI is InChI=1S/C14H23N3S/c1-10(15)13-8-16-14(17-11(13)2)9-18-12-6-4-3-5-7-12/h8,10,12H,3-7,9,15H2,1-2H3/t10-/m1/s1. The number of rotatable bonds is 4. The van der Waals surface area contributed by atoms with E-state index < -0.39 is 0 Å². The lowest BCUT2D eigenvalue weighted by atomic mass is 10.0. The number of aryl methyl sites for hydroxylation is 1. The molecule has 1 aliphatic carbocycles. The highest BCUT2D eigenvalue weighted by atomic mass is 32.2. The molecular formula is C14H23N3S. The SMILES string of the molecule is Cc1nc(CSC2CCCCC2)ncc1[C@@H](C)N. The van der Waals surface area contributed by atoms with Crippen molar-refractivity contribution in [2.24, 2.45) is 5.73 Å². The summed E-state index contributed by atoms with van der Waals surface area (Å²) in [7, 11) is 0. The van der Waals surface area contributed by atoms with Crippen molar-refractivity contribution in [1.82, 2.24) is 9.97 Å². The van der Waals surface area contributed by atoms with Crippen molar-refractivity contribution >= 4 is 11.8 Å². The summed E-state index contributed by atoms with van der Waals surface area (Å²) in [5.41, 5.74) is 7.95. The van der Waals surface area contributed by atoms with Crippen LogP contribution in [0.1, 0.15) is 62.2 Å². The highest BCUT2D eigenvalue weighted by Crippen LogP contribution is 2.29. The number of nitrogens with zero attached hydrogens (tertiary/aromatic N) is 2. The van der Waals surface area contributed by atoms with Gasteiger partial charge in [0.1, 0.15) is 5.82 Å². The fourth-order valence-electron chi connectivity index (χ4n) is 2.47. The van der Waals surface area contributed by atoms with Gasteiger partial charge in [-0.3, -0.25) is 0 Å². The van der Waals surface area contributed by atoms with Crippen molar-refractivity contribution in [1.29, 1.82) is 0 Å². The fraction of sp³-hybridized carbons (Fsp3) is 0.714. The maximum Gasteiger partial charge on any atom is 0.138 e. The predicted octanol–water partition coefficient (Wildman–Crippen LogP) is 3.37. The Morgan fingerprint density at radius 3 is 2.72 bits per heavy atom. The van der Waals surface area contributed by atoms with Crippen LogP contribution < -0.4 is 5.73 Å². The second kappa shape index (κ2) is 6.53. The van der Waals surface area contributed by atoms with Gasteiger partial charge in [-0.15, -0.1) is 0 Å². The molecule has 2 N–H and O–H groups in total. The van der Waals surface area contributed by atoms with E-state index in [2.05, 4.69) is 9.97 Å². The Balaban J connectivity index is 1.91. The van der Waals surface area contributed by atoms with Crippen molar-refractivity contribution in [2.75, 3.05) is 0 Å². The van der Waals surface area contributed by atoms with Crippen LogP contribution in [0.5, 0.6) is 0 Å². The van der Waals surface area contributed by atoms with Gasteiger partial charge in [-0.2, -0.15) is 11.8 Å². The number of nitrogens with two attached hydrogens (primary N) is 1. The van der Waals surface area contributed by atoms with Crippen LogP contribution in [0.25, 0.3) is 0 Å². The molecule has 18 heavy (non-hydrogen) atoms. The molecule has 1 heterocycles. The van der Waals surface area contributed by atoms with Crippen LogP contribution in [-0.2, 0) is 5.75 Å². The van der Waals surface area contributed by atoms with Crippen LogP contribution in [-0.4, -0.2) is 15.2 Å². The molecular weight excluding hydrogens is 242 g/mol. The van der Waals surface area contributed by atoms with Gasteiger partial charge in [0.25, 0.3) is 0 Å². The van der Waals surface area contributed by atoms with E-state index in [1.807, 2.05) is 31.8 Å².